The molecule has 90 valence electrons. The largest absolute Gasteiger partial charge is 0.366 e. The van der Waals surface area contributed by atoms with Gasteiger partial charge in [-0.15, -0.1) is 11.3 Å². The molecule has 0 aliphatic carbocycles. The van der Waals surface area contributed by atoms with Crippen LogP contribution in [0.3, 0.4) is 0 Å². The summed E-state index contributed by atoms with van der Waals surface area (Å²) in [7, 11) is 0. The Bertz CT molecular complexity index is 453. The number of anilines is 1. The lowest BCUT2D eigenvalue weighted by Crippen LogP contribution is -2.23. The number of pyridine rings is 1. The predicted octanol–water partition coefficient (Wildman–Crippen LogP) is 2.63. The number of hydrogen-bond acceptors (Lipinski definition) is 4. The second kappa shape index (κ2) is 5.80. The molecular weight excluding hydrogens is 230 g/mol. The molecule has 0 bridgehead atoms. The van der Waals surface area contributed by atoms with Crippen LogP contribution in [0.15, 0.2) is 36.0 Å². The molecule has 3 nitrogen and oxygen atoms in total. The molecule has 0 aromatic carbocycles. The van der Waals surface area contributed by atoms with Crippen molar-refractivity contribution in [1.82, 2.24) is 4.98 Å². The van der Waals surface area contributed by atoms with Crippen LogP contribution >= 0.6 is 11.3 Å². The Kier molecular flexibility index (Phi) is 4.12. The summed E-state index contributed by atoms with van der Waals surface area (Å²) in [5.41, 5.74) is 8.05. The minimum atomic E-state index is 0.532. The maximum atomic E-state index is 5.75. The zero-order valence-electron chi connectivity index (χ0n) is 9.97. The zero-order chi connectivity index (χ0) is 12.1. The molecule has 0 spiro atoms. The second-order valence-corrected chi connectivity index (χ2v) is 4.83. The lowest BCUT2D eigenvalue weighted by molar-refractivity contribution is 0.828. The minimum Gasteiger partial charge on any atom is -0.366 e. The standard InChI is InChI=1S/C13H17N3S/c1-2-16(10-12-4-3-7-17-12)13-5-6-15-9-11(13)8-14/h3-7,9H,2,8,10,14H2,1H3. The molecule has 2 N–H and O–H groups in total. The van der Waals surface area contributed by atoms with Gasteiger partial charge in [0.15, 0.2) is 0 Å². The van der Waals surface area contributed by atoms with Gasteiger partial charge in [-0.2, -0.15) is 0 Å². The van der Waals surface area contributed by atoms with Crippen LogP contribution in [0.25, 0.3) is 0 Å². The molecule has 0 unspecified atom stereocenters. The van der Waals surface area contributed by atoms with Crippen LogP contribution in [-0.4, -0.2) is 11.5 Å². The monoisotopic (exact) mass is 247 g/mol. The fraction of sp³-hybridized carbons (Fsp3) is 0.308. The van der Waals surface area contributed by atoms with Gasteiger partial charge in [0.05, 0.1) is 6.54 Å². The molecule has 0 saturated heterocycles. The number of aromatic nitrogens is 1. The SMILES string of the molecule is CCN(Cc1cccs1)c1ccncc1CN. The normalized spacial score (nSPS) is 10.5. The smallest absolute Gasteiger partial charge is 0.0522 e. The van der Waals surface area contributed by atoms with Crippen molar-refractivity contribution >= 4 is 17.0 Å². The van der Waals surface area contributed by atoms with Crippen molar-refractivity contribution in [3.05, 3.63) is 46.4 Å². The van der Waals surface area contributed by atoms with Crippen LogP contribution in [0.1, 0.15) is 17.4 Å². The van der Waals surface area contributed by atoms with E-state index in [-0.39, 0.29) is 0 Å². The second-order valence-electron chi connectivity index (χ2n) is 3.80. The van der Waals surface area contributed by atoms with Crippen molar-refractivity contribution in [2.75, 3.05) is 11.4 Å². The van der Waals surface area contributed by atoms with Gasteiger partial charge >= 0.3 is 0 Å². The average Bonchev–Trinajstić information content (AvgIpc) is 2.89. The molecule has 2 rings (SSSR count). The number of hydrogen-bond donors (Lipinski definition) is 1. The van der Waals surface area contributed by atoms with Crippen molar-refractivity contribution in [2.24, 2.45) is 5.73 Å². The first kappa shape index (κ1) is 12.1. The summed E-state index contributed by atoms with van der Waals surface area (Å²) in [5.74, 6) is 0. The van der Waals surface area contributed by atoms with Crippen molar-refractivity contribution in [3.8, 4) is 0 Å². The molecule has 0 aliphatic heterocycles. The number of nitrogens with two attached hydrogens (primary N) is 1. The van der Waals surface area contributed by atoms with Gasteiger partial charge in [0.2, 0.25) is 0 Å². The van der Waals surface area contributed by atoms with Gasteiger partial charge in [0, 0.05) is 41.6 Å². The molecule has 0 aliphatic rings. The Labute approximate surface area is 106 Å². The number of thiophene rings is 1. The molecular formula is C13H17N3S. The third-order valence-electron chi connectivity index (χ3n) is 2.75. The maximum Gasteiger partial charge on any atom is 0.0522 e. The summed E-state index contributed by atoms with van der Waals surface area (Å²) in [4.78, 5) is 7.82. The van der Waals surface area contributed by atoms with Gasteiger partial charge in [-0.05, 0) is 24.4 Å². The highest BCUT2D eigenvalue weighted by atomic mass is 32.1. The molecule has 2 heterocycles. The van der Waals surface area contributed by atoms with Crippen molar-refractivity contribution in [3.63, 3.8) is 0 Å². The van der Waals surface area contributed by atoms with Crippen molar-refractivity contribution < 1.29 is 0 Å². The van der Waals surface area contributed by atoms with Crippen LogP contribution in [0.4, 0.5) is 5.69 Å². The number of rotatable bonds is 5. The lowest BCUT2D eigenvalue weighted by atomic mass is 10.2. The first-order valence-corrected chi connectivity index (χ1v) is 6.63. The van der Waals surface area contributed by atoms with Crippen LogP contribution in [0.2, 0.25) is 0 Å². The lowest BCUT2D eigenvalue weighted by Gasteiger charge is -2.24. The highest BCUT2D eigenvalue weighted by Gasteiger charge is 2.09. The third kappa shape index (κ3) is 2.84. The van der Waals surface area contributed by atoms with Crippen LogP contribution in [0.5, 0.6) is 0 Å². The minimum absolute atomic E-state index is 0.532. The van der Waals surface area contributed by atoms with Gasteiger partial charge < -0.3 is 10.6 Å². The quantitative estimate of drug-likeness (QED) is 0.883. The van der Waals surface area contributed by atoms with E-state index in [0.717, 1.165) is 18.7 Å². The summed E-state index contributed by atoms with van der Waals surface area (Å²) >= 11 is 1.79. The molecule has 0 fully saturated rings. The molecule has 2 aromatic heterocycles. The number of nitrogens with zero attached hydrogens (tertiary/aromatic N) is 2. The highest BCUT2D eigenvalue weighted by molar-refractivity contribution is 7.09. The van der Waals surface area contributed by atoms with E-state index in [1.54, 1.807) is 11.3 Å². The molecule has 0 amide bonds. The predicted molar refractivity (Wildman–Crippen MR) is 73.2 cm³/mol. The topological polar surface area (TPSA) is 42.2 Å². The van der Waals surface area contributed by atoms with Gasteiger partial charge in [-0.3, -0.25) is 4.98 Å². The van der Waals surface area contributed by atoms with E-state index in [0.29, 0.717) is 6.54 Å². The first-order valence-electron chi connectivity index (χ1n) is 5.75. The third-order valence-corrected chi connectivity index (χ3v) is 3.61. The van der Waals surface area contributed by atoms with Crippen LogP contribution in [0, 0.1) is 0 Å². The molecule has 0 saturated carbocycles. The fourth-order valence-electron chi connectivity index (χ4n) is 1.84. The Hall–Kier alpha value is -1.39. The maximum absolute atomic E-state index is 5.75. The van der Waals surface area contributed by atoms with Crippen molar-refractivity contribution in [2.45, 2.75) is 20.0 Å². The molecule has 0 radical (unpaired) electrons. The molecule has 4 heteroatoms. The summed E-state index contributed by atoms with van der Waals surface area (Å²) in [5, 5.41) is 2.11. The van der Waals surface area contributed by atoms with E-state index in [9.17, 15) is 0 Å². The average molecular weight is 247 g/mol. The Morgan fingerprint density at radius 2 is 2.29 bits per heavy atom. The van der Waals surface area contributed by atoms with Gasteiger partial charge in [0.25, 0.3) is 0 Å². The summed E-state index contributed by atoms with van der Waals surface area (Å²) in [6.45, 7) is 4.60. The molecule has 0 atom stereocenters. The van der Waals surface area contributed by atoms with E-state index < -0.39 is 0 Å². The fourth-order valence-corrected chi connectivity index (χ4v) is 2.56. The van der Waals surface area contributed by atoms with E-state index >= 15 is 0 Å². The molecule has 2 aromatic rings. The van der Waals surface area contributed by atoms with Crippen molar-refractivity contribution in [1.29, 1.82) is 0 Å². The van der Waals surface area contributed by atoms with E-state index in [1.165, 1.54) is 10.6 Å². The van der Waals surface area contributed by atoms with E-state index in [1.807, 2.05) is 18.5 Å². The van der Waals surface area contributed by atoms with Gasteiger partial charge in [-0.1, -0.05) is 6.07 Å². The molecule has 17 heavy (non-hydrogen) atoms. The Morgan fingerprint density at radius 3 is 2.94 bits per heavy atom. The summed E-state index contributed by atoms with van der Waals surface area (Å²) in [6.07, 6.45) is 3.68. The Morgan fingerprint density at radius 1 is 1.41 bits per heavy atom. The van der Waals surface area contributed by atoms with E-state index in [2.05, 4.69) is 34.3 Å². The zero-order valence-corrected chi connectivity index (χ0v) is 10.8. The summed E-state index contributed by atoms with van der Waals surface area (Å²) < 4.78 is 0. The van der Waals surface area contributed by atoms with E-state index in [4.69, 9.17) is 5.73 Å². The highest BCUT2D eigenvalue weighted by Crippen LogP contribution is 2.22. The first-order chi connectivity index (χ1) is 8.35. The summed E-state index contributed by atoms with van der Waals surface area (Å²) in [6, 6.07) is 6.29. The van der Waals surface area contributed by atoms with Crippen LogP contribution < -0.4 is 10.6 Å². The van der Waals surface area contributed by atoms with Gasteiger partial charge in [-0.25, -0.2) is 0 Å². The van der Waals surface area contributed by atoms with Gasteiger partial charge in [0.1, 0.15) is 0 Å². The van der Waals surface area contributed by atoms with Crippen LogP contribution in [-0.2, 0) is 13.1 Å². The Balaban J connectivity index is 2.22.